The second-order valence-corrected chi connectivity index (χ2v) is 4.90. The van der Waals surface area contributed by atoms with Crippen molar-refractivity contribution < 1.29 is 28.2 Å². The van der Waals surface area contributed by atoms with Gasteiger partial charge in [-0.15, -0.1) is 0 Å². The largest absolute Gasteiger partial charge is 0.481 e. The normalized spacial score (nSPS) is 13.6. The average molecular weight is 301 g/mol. The van der Waals surface area contributed by atoms with Crippen molar-refractivity contribution in [1.82, 2.24) is 5.32 Å². The van der Waals surface area contributed by atoms with E-state index in [0.717, 1.165) is 12.1 Å². The van der Waals surface area contributed by atoms with Gasteiger partial charge in [-0.05, 0) is 25.0 Å². The van der Waals surface area contributed by atoms with Crippen LogP contribution in [0.5, 0.6) is 5.75 Å². The number of halogens is 2. The van der Waals surface area contributed by atoms with Crippen molar-refractivity contribution in [3.8, 4) is 5.75 Å². The molecule has 2 N–H and O–H groups in total. The zero-order chi connectivity index (χ0) is 16.2. The molecule has 0 fully saturated rings. The molecule has 0 saturated heterocycles. The van der Waals surface area contributed by atoms with E-state index in [1.54, 1.807) is 13.8 Å². The van der Waals surface area contributed by atoms with E-state index in [-0.39, 0.29) is 11.7 Å². The maximum Gasteiger partial charge on any atom is 0.326 e. The van der Waals surface area contributed by atoms with E-state index in [4.69, 9.17) is 9.84 Å². The smallest absolute Gasteiger partial charge is 0.326 e. The van der Waals surface area contributed by atoms with Gasteiger partial charge < -0.3 is 15.2 Å². The fraction of sp³-hybridized carbons (Fsp3) is 0.429. The predicted octanol–water partition coefficient (Wildman–Crippen LogP) is 1.96. The lowest BCUT2D eigenvalue weighted by molar-refractivity contribution is -0.144. The third-order valence-electron chi connectivity index (χ3n) is 2.80. The molecule has 0 aliphatic heterocycles. The van der Waals surface area contributed by atoms with Gasteiger partial charge in [0, 0.05) is 6.07 Å². The van der Waals surface area contributed by atoms with E-state index in [0.29, 0.717) is 0 Å². The Balaban J connectivity index is 2.69. The molecule has 0 radical (unpaired) electrons. The Bertz CT molecular complexity index is 534. The quantitative estimate of drug-likeness (QED) is 0.842. The van der Waals surface area contributed by atoms with Crippen LogP contribution in [0.3, 0.4) is 0 Å². The lowest BCUT2D eigenvalue weighted by Crippen LogP contribution is -2.48. The first-order valence-corrected chi connectivity index (χ1v) is 6.37. The molecule has 0 spiro atoms. The first kappa shape index (κ1) is 16.9. The Morgan fingerprint density at radius 1 is 1.19 bits per heavy atom. The average Bonchev–Trinajstić information content (AvgIpc) is 2.39. The molecule has 0 bridgehead atoms. The number of hydrogen-bond acceptors (Lipinski definition) is 3. The molecule has 7 heteroatoms. The molecule has 0 heterocycles. The van der Waals surface area contributed by atoms with E-state index in [1.807, 2.05) is 0 Å². The summed E-state index contributed by atoms with van der Waals surface area (Å²) < 4.78 is 30.9. The highest BCUT2D eigenvalue weighted by molar-refractivity contribution is 5.86. The Morgan fingerprint density at radius 2 is 1.81 bits per heavy atom. The Kier molecular flexibility index (Phi) is 5.63. The lowest BCUT2D eigenvalue weighted by atomic mass is 10.0. The van der Waals surface area contributed by atoms with Gasteiger partial charge in [-0.3, -0.25) is 4.79 Å². The van der Waals surface area contributed by atoms with Crippen molar-refractivity contribution in [2.45, 2.75) is 32.9 Å². The Hall–Kier alpha value is -2.18. The van der Waals surface area contributed by atoms with Crippen LogP contribution < -0.4 is 10.1 Å². The second-order valence-electron chi connectivity index (χ2n) is 4.90. The van der Waals surface area contributed by atoms with Crippen LogP contribution >= 0.6 is 0 Å². The molecule has 5 nitrogen and oxygen atoms in total. The summed E-state index contributed by atoms with van der Waals surface area (Å²) in [4.78, 5) is 22.8. The molecular weight excluding hydrogens is 284 g/mol. The Labute approximate surface area is 120 Å². The summed E-state index contributed by atoms with van der Waals surface area (Å²) in [5.41, 5.74) is 0. The van der Waals surface area contributed by atoms with Crippen molar-refractivity contribution in [1.29, 1.82) is 0 Å². The van der Waals surface area contributed by atoms with Crippen LogP contribution in [-0.4, -0.2) is 29.1 Å². The van der Waals surface area contributed by atoms with Gasteiger partial charge in [0.2, 0.25) is 0 Å². The van der Waals surface area contributed by atoms with Crippen molar-refractivity contribution >= 4 is 11.9 Å². The molecule has 1 aromatic carbocycles. The van der Waals surface area contributed by atoms with Crippen molar-refractivity contribution in [3.05, 3.63) is 29.8 Å². The molecule has 2 atom stereocenters. The van der Waals surface area contributed by atoms with Crippen molar-refractivity contribution in [2.24, 2.45) is 5.92 Å². The number of carboxylic acids is 1. The number of carbonyl (C=O) groups is 2. The number of nitrogens with one attached hydrogen (secondary N) is 1. The second kappa shape index (κ2) is 7.01. The monoisotopic (exact) mass is 301 g/mol. The first-order valence-electron chi connectivity index (χ1n) is 6.37. The number of aliphatic carboxylic acids is 1. The fourth-order valence-electron chi connectivity index (χ4n) is 1.59. The van der Waals surface area contributed by atoms with Gasteiger partial charge in [0.15, 0.2) is 17.7 Å². The van der Waals surface area contributed by atoms with Crippen LogP contribution in [-0.2, 0) is 9.59 Å². The molecule has 1 aromatic rings. The maximum atomic E-state index is 13.0. The number of amides is 1. The number of ether oxygens (including phenoxy) is 1. The summed E-state index contributed by atoms with van der Waals surface area (Å²) in [6, 6.07) is 1.83. The van der Waals surface area contributed by atoms with Crippen LogP contribution in [0.25, 0.3) is 0 Å². The van der Waals surface area contributed by atoms with E-state index in [1.165, 1.54) is 13.0 Å². The molecule has 0 aromatic heterocycles. The minimum Gasteiger partial charge on any atom is -0.481 e. The molecule has 116 valence electrons. The molecule has 1 rings (SSSR count). The lowest BCUT2D eigenvalue weighted by Gasteiger charge is -2.21. The summed E-state index contributed by atoms with van der Waals surface area (Å²) in [5, 5.41) is 11.3. The first-order chi connectivity index (χ1) is 9.72. The van der Waals surface area contributed by atoms with Gasteiger partial charge in [-0.2, -0.15) is 0 Å². The zero-order valence-electron chi connectivity index (χ0n) is 11.9. The highest BCUT2D eigenvalue weighted by Gasteiger charge is 2.26. The van der Waals surface area contributed by atoms with Crippen LogP contribution in [0.15, 0.2) is 18.2 Å². The third-order valence-corrected chi connectivity index (χ3v) is 2.80. The maximum absolute atomic E-state index is 13.0. The molecule has 21 heavy (non-hydrogen) atoms. The molecule has 1 amide bonds. The highest BCUT2D eigenvalue weighted by atomic mass is 19.2. The number of carbonyl (C=O) groups excluding carboxylic acids is 1. The molecular formula is C14H17F2NO4. The Morgan fingerprint density at radius 3 is 2.29 bits per heavy atom. The minimum atomic E-state index is -1.15. The standard InChI is InChI=1S/C14H17F2NO4/c1-7(2)12(14(19)20)17-13(18)8(3)21-9-4-5-10(15)11(16)6-9/h4-8,12H,1-3H3,(H,17,18)(H,19,20)/t8?,12-/m0/s1. The van der Waals surface area contributed by atoms with E-state index < -0.39 is 35.7 Å². The van der Waals surface area contributed by atoms with Crippen molar-refractivity contribution in [2.75, 3.05) is 0 Å². The van der Waals surface area contributed by atoms with Crippen LogP contribution in [0.1, 0.15) is 20.8 Å². The van der Waals surface area contributed by atoms with Gasteiger partial charge in [0.05, 0.1) is 0 Å². The van der Waals surface area contributed by atoms with Crippen LogP contribution in [0, 0.1) is 17.6 Å². The van der Waals surface area contributed by atoms with Gasteiger partial charge in [-0.1, -0.05) is 13.8 Å². The summed E-state index contributed by atoms with van der Waals surface area (Å²) in [6.07, 6.45) is -1.05. The number of benzene rings is 1. The van der Waals surface area contributed by atoms with E-state index in [2.05, 4.69) is 5.32 Å². The third kappa shape index (κ3) is 4.70. The van der Waals surface area contributed by atoms with Gasteiger partial charge in [0.25, 0.3) is 5.91 Å². The molecule has 0 aliphatic carbocycles. The van der Waals surface area contributed by atoms with Gasteiger partial charge >= 0.3 is 5.97 Å². The van der Waals surface area contributed by atoms with Gasteiger partial charge in [-0.25, -0.2) is 13.6 Å². The highest BCUT2D eigenvalue weighted by Crippen LogP contribution is 2.17. The van der Waals surface area contributed by atoms with Crippen LogP contribution in [0.4, 0.5) is 8.78 Å². The van der Waals surface area contributed by atoms with Crippen molar-refractivity contribution in [3.63, 3.8) is 0 Å². The molecule has 0 saturated carbocycles. The minimum absolute atomic E-state index is 0.0204. The van der Waals surface area contributed by atoms with E-state index in [9.17, 15) is 18.4 Å². The molecule has 1 unspecified atom stereocenters. The molecule has 0 aliphatic rings. The fourth-order valence-corrected chi connectivity index (χ4v) is 1.59. The van der Waals surface area contributed by atoms with Gasteiger partial charge in [0.1, 0.15) is 11.8 Å². The summed E-state index contributed by atoms with van der Waals surface area (Å²) in [6.45, 7) is 4.69. The zero-order valence-corrected chi connectivity index (χ0v) is 11.9. The summed E-state index contributed by atoms with van der Waals surface area (Å²) >= 11 is 0. The SMILES string of the molecule is CC(Oc1ccc(F)c(F)c1)C(=O)N[C@H](C(=O)O)C(C)C. The number of hydrogen-bond donors (Lipinski definition) is 2. The van der Waals surface area contributed by atoms with E-state index >= 15 is 0 Å². The number of carboxylic acid groups (broad SMARTS) is 1. The predicted molar refractivity (Wildman–Crippen MR) is 70.9 cm³/mol. The number of rotatable bonds is 6. The summed E-state index contributed by atoms with van der Waals surface area (Å²) in [5.74, 6) is -4.25. The topological polar surface area (TPSA) is 75.6 Å². The summed E-state index contributed by atoms with van der Waals surface area (Å²) in [7, 11) is 0. The van der Waals surface area contributed by atoms with Crippen LogP contribution in [0.2, 0.25) is 0 Å².